The van der Waals surface area contributed by atoms with E-state index in [1.807, 2.05) is 24.3 Å². The van der Waals surface area contributed by atoms with Crippen LogP contribution in [0.1, 0.15) is 18.4 Å². The van der Waals surface area contributed by atoms with Crippen LogP contribution in [0.4, 0.5) is 0 Å². The summed E-state index contributed by atoms with van der Waals surface area (Å²) in [6.45, 7) is 0.965. The smallest absolute Gasteiger partial charge is 0.245 e. The summed E-state index contributed by atoms with van der Waals surface area (Å²) < 4.78 is 41.2. The summed E-state index contributed by atoms with van der Waals surface area (Å²) in [5.41, 5.74) is 1.88. The molecule has 0 spiro atoms. The highest BCUT2D eigenvalue weighted by Gasteiger charge is 2.33. The number of aromatic nitrogens is 2. The number of nitrogens with one attached hydrogen (secondary N) is 1. The Morgan fingerprint density at radius 3 is 2.70 bits per heavy atom. The number of rotatable bonds is 6. The molecule has 1 saturated heterocycles. The average molecular weight is 447 g/mol. The van der Waals surface area contributed by atoms with Crippen LogP contribution < -0.4 is 10.1 Å². The summed E-state index contributed by atoms with van der Waals surface area (Å²) in [6.07, 6.45) is 0.949. The molecule has 1 aliphatic rings. The number of piperidine rings is 1. The summed E-state index contributed by atoms with van der Waals surface area (Å²) in [7, 11) is -2.09. The van der Waals surface area contributed by atoms with E-state index in [-0.39, 0.29) is 16.7 Å². The molecule has 10 heteroatoms. The Kier molecular flexibility index (Phi) is 5.98. The molecular formula is C20H22N4O4S2. The van der Waals surface area contributed by atoms with Crippen molar-refractivity contribution in [2.45, 2.75) is 24.3 Å². The fraction of sp³-hybridized carbons (Fsp3) is 0.350. The zero-order valence-electron chi connectivity index (χ0n) is 16.4. The lowest BCUT2D eigenvalue weighted by Gasteiger charge is -2.30. The minimum atomic E-state index is -3.68. The normalized spacial score (nSPS) is 15.9. The van der Waals surface area contributed by atoms with Crippen LogP contribution in [0.5, 0.6) is 5.75 Å². The molecule has 2 aromatic carbocycles. The van der Waals surface area contributed by atoms with Crippen LogP contribution in [-0.4, -0.2) is 47.6 Å². The molecule has 0 radical (unpaired) electrons. The van der Waals surface area contributed by atoms with Gasteiger partial charge in [-0.15, -0.1) is 0 Å². The summed E-state index contributed by atoms with van der Waals surface area (Å²) in [6, 6.07) is 12.5. The van der Waals surface area contributed by atoms with E-state index >= 15 is 0 Å². The molecule has 30 heavy (non-hydrogen) atoms. The van der Waals surface area contributed by atoms with Gasteiger partial charge < -0.3 is 10.1 Å². The van der Waals surface area contributed by atoms with Crippen LogP contribution >= 0.6 is 11.7 Å². The second-order valence-corrected chi connectivity index (χ2v) is 9.53. The molecule has 0 bridgehead atoms. The Hall–Kier alpha value is -2.56. The maximum Gasteiger partial charge on any atom is 0.245 e. The monoisotopic (exact) mass is 446 g/mol. The van der Waals surface area contributed by atoms with Gasteiger partial charge in [-0.05, 0) is 31.0 Å². The number of ether oxygens (including phenoxy) is 1. The van der Waals surface area contributed by atoms with Crippen LogP contribution in [0.2, 0.25) is 0 Å². The second kappa shape index (κ2) is 8.66. The van der Waals surface area contributed by atoms with Gasteiger partial charge in [0.15, 0.2) is 0 Å². The second-order valence-electron chi connectivity index (χ2n) is 7.10. The van der Waals surface area contributed by atoms with E-state index in [0.717, 1.165) is 23.0 Å². The highest BCUT2D eigenvalue weighted by Crippen LogP contribution is 2.28. The molecule has 0 atom stereocenters. The zero-order valence-corrected chi connectivity index (χ0v) is 18.1. The molecule has 158 valence electrons. The van der Waals surface area contributed by atoms with Crippen molar-refractivity contribution < 1.29 is 17.9 Å². The van der Waals surface area contributed by atoms with Gasteiger partial charge in [-0.1, -0.05) is 24.3 Å². The lowest BCUT2D eigenvalue weighted by atomic mass is 9.97. The topological polar surface area (TPSA) is 101 Å². The molecular weight excluding hydrogens is 424 g/mol. The summed E-state index contributed by atoms with van der Waals surface area (Å²) >= 11 is 0.995. The van der Waals surface area contributed by atoms with Gasteiger partial charge in [0.25, 0.3) is 0 Å². The number of nitrogens with zero attached hydrogens (tertiary/aromatic N) is 3. The molecule has 8 nitrogen and oxygen atoms in total. The predicted octanol–water partition coefficient (Wildman–Crippen LogP) is 2.42. The van der Waals surface area contributed by atoms with Crippen molar-refractivity contribution in [2.75, 3.05) is 20.2 Å². The molecule has 1 aromatic heterocycles. The van der Waals surface area contributed by atoms with Crippen LogP contribution in [0.25, 0.3) is 11.0 Å². The first-order chi connectivity index (χ1) is 14.5. The number of hydrogen-bond donors (Lipinski definition) is 1. The Labute approximate surface area is 179 Å². The Bertz CT molecular complexity index is 1150. The van der Waals surface area contributed by atoms with Gasteiger partial charge in [-0.3, -0.25) is 4.79 Å². The van der Waals surface area contributed by atoms with Crippen molar-refractivity contribution in [3.05, 3.63) is 48.0 Å². The van der Waals surface area contributed by atoms with E-state index in [0.29, 0.717) is 43.5 Å². The van der Waals surface area contributed by atoms with E-state index in [9.17, 15) is 13.2 Å². The van der Waals surface area contributed by atoms with Gasteiger partial charge in [0.1, 0.15) is 21.7 Å². The molecule has 4 rings (SSSR count). The maximum absolute atomic E-state index is 13.1. The molecule has 3 aromatic rings. The minimum absolute atomic E-state index is 0.0660. The number of carbonyl (C=O) groups is 1. The van der Waals surface area contributed by atoms with E-state index in [2.05, 4.69) is 14.1 Å². The number of methoxy groups -OCH3 is 1. The van der Waals surface area contributed by atoms with Gasteiger partial charge in [0.05, 0.1) is 18.8 Å². The van der Waals surface area contributed by atoms with Gasteiger partial charge in [-0.2, -0.15) is 13.1 Å². The molecule has 1 aliphatic heterocycles. The first-order valence-electron chi connectivity index (χ1n) is 9.61. The number of para-hydroxylation sites is 1. The first-order valence-corrected chi connectivity index (χ1v) is 11.8. The Morgan fingerprint density at radius 1 is 1.17 bits per heavy atom. The third-order valence-corrected chi connectivity index (χ3v) is 7.81. The molecule has 1 N–H and O–H groups in total. The summed E-state index contributed by atoms with van der Waals surface area (Å²) in [5, 5.41) is 2.95. The van der Waals surface area contributed by atoms with Crippen molar-refractivity contribution in [3.63, 3.8) is 0 Å². The van der Waals surface area contributed by atoms with Crippen LogP contribution in [0, 0.1) is 5.92 Å². The SMILES string of the molecule is COc1ccccc1CNC(=O)C1CCN(S(=O)(=O)c2cccc3nsnc23)CC1. The number of hydrogen-bond acceptors (Lipinski definition) is 7. The van der Waals surface area contributed by atoms with Crippen molar-refractivity contribution >= 4 is 38.7 Å². The number of benzene rings is 2. The molecule has 2 heterocycles. The van der Waals surface area contributed by atoms with Crippen LogP contribution in [0.3, 0.4) is 0 Å². The fourth-order valence-corrected chi connectivity index (χ4v) is 5.88. The maximum atomic E-state index is 13.1. The highest BCUT2D eigenvalue weighted by atomic mass is 32.2. The third-order valence-electron chi connectivity index (χ3n) is 5.34. The third kappa shape index (κ3) is 4.03. The van der Waals surface area contributed by atoms with Crippen LogP contribution in [0.15, 0.2) is 47.4 Å². The van der Waals surface area contributed by atoms with E-state index in [1.165, 1.54) is 4.31 Å². The van der Waals surface area contributed by atoms with Crippen molar-refractivity contribution in [1.82, 2.24) is 18.4 Å². The highest BCUT2D eigenvalue weighted by molar-refractivity contribution is 7.89. The Balaban J connectivity index is 1.38. The number of carbonyl (C=O) groups excluding carboxylic acids is 1. The lowest BCUT2D eigenvalue weighted by Crippen LogP contribution is -2.42. The minimum Gasteiger partial charge on any atom is -0.496 e. The van der Waals surface area contributed by atoms with Gasteiger partial charge in [-0.25, -0.2) is 8.42 Å². The van der Waals surface area contributed by atoms with E-state index < -0.39 is 10.0 Å². The summed E-state index contributed by atoms with van der Waals surface area (Å²) in [5.74, 6) is 0.441. The van der Waals surface area contributed by atoms with E-state index in [4.69, 9.17) is 4.74 Å². The van der Waals surface area contributed by atoms with Crippen molar-refractivity contribution in [2.24, 2.45) is 5.92 Å². The zero-order chi connectivity index (χ0) is 21.1. The van der Waals surface area contributed by atoms with Gasteiger partial charge >= 0.3 is 0 Å². The molecule has 0 aliphatic carbocycles. The van der Waals surface area contributed by atoms with E-state index in [1.54, 1.807) is 25.3 Å². The number of amides is 1. The van der Waals surface area contributed by atoms with Gasteiger partial charge in [0, 0.05) is 31.1 Å². The molecule has 0 unspecified atom stereocenters. The van der Waals surface area contributed by atoms with Crippen molar-refractivity contribution in [3.8, 4) is 5.75 Å². The molecule has 0 saturated carbocycles. The fourth-order valence-electron chi connectivity index (χ4n) is 3.66. The standard InChI is InChI=1S/C20H22N4O4S2/c1-28-17-7-3-2-5-15(17)13-21-20(25)14-9-11-24(12-10-14)30(26,27)18-8-4-6-16-19(18)23-29-22-16/h2-8,14H,9-13H2,1H3,(H,21,25). The Morgan fingerprint density at radius 2 is 1.93 bits per heavy atom. The number of fused-ring (bicyclic) bond motifs is 1. The molecule has 1 fully saturated rings. The predicted molar refractivity (Wildman–Crippen MR) is 114 cm³/mol. The van der Waals surface area contributed by atoms with Gasteiger partial charge in [0.2, 0.25) is 15.9 Å². The largest absolute Gasteiger partial charge is 0.496 e. The van der Waals surface area contributed by atoms with Crippen LogP contribution in [-0.2, 0) is 21.4 Å². The lowest BCUT2D eigenvalue weighted by molar-refractivity contribution is -0.126. The number of sulfonamides is 1. The summed E-state index contributed by atoms with van der Waals surface area (Å²) in [4.78, 5) is 12.8. The average Bonchev–Trinajstić information content (AvgIpc) is 3.26. The van der Waals surface area contributed by atoms with Crippen molar-refractivity contribution in [1.29, 1.82) is 0 Å². The first kappa shape index (κ1) is 20.7. The quantitative estimate of drug-likeness (QED) is 0.624. The molecule has 1 amide bonds.